The van der Waals surface area contributed by atoms with Gasteiger partial charge in [-0.3, -0.25) is 9.11 Å². The Bertz CT molecular complexity index is 1370. The number of carbonyl (C=O) groups is 3. The van der Waals surface area contributed by atoms with Crippen molar-refractivity contribution in [3.8, 4) is 0 Å². The van der Waals surface area contributed by atoms with Crippen molar-refractivity contribution < 1.29 is 148 Å². The van der Waals surface area contributed by atoms with Crippen molar-refractivity contribution in [2.24, 2.45) is 5.92 Å². The van der Waals surface area contributed by atoms with Crippen LogP contribution in [0.4, 0.5) is 0 Å². The third kappa shape index (κ3) is 53.2. The average Bonchev–Trinajstić information content (AvgIpc) is 3.23. The minimum atomic E-state index is -5.20. The quantitative estimate of drug-likeness (QED) is 0.0383. The van der Waals surface area contributed by atoms with Crippen LogP contribution >= 0.6 is 0 Å². The predicted octanol–water partition coefficient (Wildman–Crippen LogP) is 1.74. The number of carbonyl (C=O) groups excluding carboxylic acids is 3. The van der Waals surface area contributed by atoms with Crippen molar-refractivity contribution in [2.45, 2.75) is 276 Å². The molecule has 18 heteroatoms. The van der Waals surface area contributed by atoms with Crippen LogP contribution < -0.4 is 104 Å². The van der Waals surface area contributed by atoms with E-state index in [-0.39, 0.29) is 115 Å². The standard InChI is InChI=1S/C20H38O7S.C18H34O2.C12H26O4S.3Na/c1-3-5-7-9-11-13-15-17(18(21)22)20(19(23)24,28(25,26)27)16-14-12-10-8-6-4-2;1-2-3-4-5-6-7-8-9-10-11-12-13-14-15-16-17-18(19)20;1-2-3-4-5-6-7-8-9-10-11-12-16-17(13,14)15;;;/h17H,3-16H2,1-2H3,(H,21,22)(H,23,24)(H,25,26,27);9-10H,2-8,11-17H2,1H3,(H,19,20);2-12H2,1H3,(H,13,14,15);;;/q;;;3*+1/p-3. The Morgan fingerprint density at radius 3 is 1.13 bits per heavy atom. The van der Waals surface area contributed by atoms with Crippen molar-refractivity contribution in [2.75, 3.05) is 6.61 Å². The Morgan fingerprint density at radius 1 is 0.485 bits per heavy atom. The SMILES string of the molecule is CCCCCCCCC(C(=O)[O-])C(CCCCCCCC)(C(=O)[O-])S(=O)(=O)O.CCCCCCCCC=CCCCCCCCC(=O)[O-].CCCCCCCCCCCCOS(=O)(=O)O.[Na+].[Na+].[Na+]. The van der Waals surface area contributed by atoms with Gasteiger partial charge in [-0.2, -0.15) is 16.8 Å². The number of hydrogen-bond donors (Lipinski definition) is 2. The van der Waals surface area contributed by atoms with Crippen molar-refractivity contribution in [3.63, 3.8) is 0 Å². The second-order valence-corrected chi connectivity index (χ2v) is 20.5. The molecule has 0 spiro atoms. The van der Waals surface area contributed by atoms with Crippen LogP contribution in [0.25, 0.3) is 0 Å². The molecule has 0 radical (unpaired) electrons. The Morgan fingerprint density at radius 2 is 0.809 bits per heavy atom. The molecule has 2 unspecified atom stereocenters. The fourth-order valence-corrected chi connectivity index (χ4v) is 9.28. The van der Waals surface area contributed by atoms with Crippen molar-refractivity contribution in [1.29, 1.82) is 0 Å². The molecule has 13 nitrogen and oxygen atoms in total. The van der Waals surface area contributed by atoms with Gasteiger partial charge in [-0.15, -0.1) is 0 Å². The molecule has 0 bridgehead atoms. The number of carboxylic acid groups (broad SMARTS) is 3. The number of carboxylic acids is 3. The van der Waals surface area contributed by atoms with Crippen LogP contribution in [0.15, 0.2) is 12.2 Å². The van der Waals surface area contributed by atoms with Gasteiger partial charge in [0.05, 0.1) is 12.6 Å². The first-order valence-corrected chi connectivity index (χ1v) is 28.6. The largest absolute Gasteiger partial charge is 1.00 e. The summed E-state index contributed by atoms with van der Waals surface area (Å²) in [5, 5.41) is 33.7. The van der Waals surface area contributed by atoms with E-state index in [9.17, 15) is 51.1 Å². The first-order valence-electron chi connectivity index (χ1n) is 25.8. The van der Waals surface area contributed by atoms with Crippen LogP contribution in [-0.2, 0) is 39.1 Å². The Labute approximate surface area is 483 Å². The molecule has 2 N–H and O–H groups in total. The van der Waals surface area contributed by atoms with Crippen molar-refractivity contribution in [1.82, 2.24) is 0 Å². The van der Waals surface area contributed by atoms with E-state index in [2.05, 4.69) is 37.1 Å². The summed E-state index contributed by atoms with van der Waals surface area (Å²) in [5.74, 6) is -6.60. The summed E-state index contributed by atoms with van der Waals surface area (Å²) in [6.07, 6.45) is 41.5. The molecule has 0 rings (SSSR count). The summed E-state index contributed by atoms with van der Waals surface area (Å²) in [7, 11) is -9.44. The van der Waals surface area contributed by atoms with Gasteiger partial charge in [-0.25, -0.2) is 4.18 Å². The summed E-state index contributed by atoms with van der Waals surface area (Å²) < 4.78 is 63.9. The summed E-state index contributed by atoms with van der Waals surface area (Å²) in [5.41, 5.74) is 0. The number of aliphatic carboxylic acids is 3. The summed E-state index contributed by atoms with van der Waals surface area (Å²) >= 11 is 0. The normalized spacial score (nSPS) is 12.5. The second-order valence-electron chi connectivity index (χ2n) is 17.7. The molecule has 0 fully saturated rings. The van der Waals surface area contributed by atoms with E-state index in [1.54, 1.807) is 0 Å². The van der Waals surface area contributed by atoms with Crippen LogP contribution in [0, 0.1) is 5.92 Å². The molecule has 0 aliphatic heterocycles. The topological polar surface area (TPSA) is 238 Å². The molecule has 0 aromatic heterocycles. The van der Waals surface area contributed by atoms with Gasteiger partial charge in [0.2, 0.25) is 0 Å². The molecule has 0 aliphatic rings. The van der Waals surface area contributed by atoms with Gasteiger partial charge in [0, 0.05) is 17.9 Å². The maximum absolute atomic E-state index is 12.0. The van der Waals surface area contributed by atoms with E-state index in [0.29, 0.717) is 25.7 Å². The molecule has 0 aliphatic carbocycles. The van der Waals surface area contributed by atoms with E-state index in [0.717, 1.165) is 83.5 Å². The third-order valence-electron chi connectivity index (χ3n) is 11.8. The maximum atomic E-state index is 12.0. The van der Waals surface area contributed by atoms with Gasteiger partial charge in [-0.1, -0.05) is 226 Å². The Balaban J connectivity index is -0.000000215. The molecule has 0 saturated carbocycles. The fraction of sp³-hybridized carbons (Fsp3) is 0.900. The van der Waals surface area contributed by atoms with E-state index in [1.807, 2.05) is 6.92 Å². The van der Waals surface area contributed by atoms with E-state index < -0.39 is 55.5 Å². The first kappa shape index (κ1) is 80.3. The van der Waals surface area contributed by atoms with Crippen LogP contribution in [0.2, 0.25) is 0 Å². The molecule has 388 valence electrons. The van der Waals surface area contributed by atoms with E-state index in [4.69, 9.17) is 4.55 Å². The smallest absolute Gasteiger partial charge is 0.550 e. The van der Waals surface area contributed by atoms with Gasteiger partial charge in [0.25, 0.3) is 10.1 Å². The van der Waals surface area contributed by atoms with Crippen LogP contribution in [0.5, 0.6) is 0 Å². The summed E-state index contributed by atoms with van der Waals surface area (Å²) in [4.78, 5) is 33.7. The fourth-order valence-electron chi connectivity index (χ4n) is 7.76. The van der Waals surface area contributed by atoms with Gasteiger partial charge >= 0.3 is 99.1 Å². The summed E-state index contributed by atoms with van der Waals surface area (Å²) in [6, 6.07) is 0. The molecule has 2 atom stereocenters. The van der Waals surface area contributed by atoms with Gasteiger partial charge in [0.15, 0.2) is 0 Å². The molecule has 0 aromatic rings. The zero-order valence-electron chi connectivity index (χ0n) is 44.5. The Kier molecular flexibility index (Phi) is 67.6. The molecule has 0 aromatic carbocycles. The van der Waals surface area contributed by atoms with Crippen molar-refractivity contribution in [3.05, 3.63) is 12.2 Å². The molecule has 0 heterocycles. The van der Waals surface area contributed by atoms with Crippen molar-refractivity contribution >= 4 is 38.4 Å². The third-order valence-corrected chi connectivity index (χ3v) is 13.8. The molecular weight excluding hydrogens is 942 g/mol. The molecule has 68 heavy (non-hydrogen) atoms. The maximum Gasteiger partial charge on any atom is 1.00 e. The predicted molar refractivity (Wildman–Crippen MR) is 258 cm³/mol. The summed E-state index contributed by atoms with van der Waals surface area (Å²) in [6.45, 7) is 8.68. The molecular formula is C50H95Na3O13S2. The molecule has 0 saturated heterocycles. The van der Waals surface area contributed by atoms with Crippen LogP contribution in [0.1, 0.15) is 272 Å². The van der Waals surface area contributed by atoms with Crippen LogP contribution in [0.3, 0.4) is 0 Å². The average molecular weight is 1040 g/mol. The van der Waals surface area contributed by atoms with Gasteiger partial charge < -0.3 is 29.7 Å². The number of unbranched alkanes of at least 4 members (excludes halogenated alkanes) is 30. The van der Waals surface area contributed by atoms with Gasteiger partial charge in [-0.05, 0) is 57.8 Å². The van der Waals surface area contributed by atoms with E-state index >= 15 is 0 Å². The monoisotopic (exact) mass is 1040 g/mol. The van der Waals surface area contributed by atoms with E-state index in [1.165, 1.54) is 109 Å². The number of allylic oxidation sites excluding steroid dienone is 2. The minimum absolute atomic E-state index is 0. The second kappa shape index (κ2) is 57.2. The number of rotatable bonds is 45. The molecule has 0 amide bonds. The zero-order valence-corrected chi connectivity index (χ0v) is 52.1. The Hall–Kier alpha value is 0.930. The van der Waals surface area contributed by atoms with Gasteiger partial charge in [0.1, 0.15) is 4.75 Å². The minimum Gasteiger partial charge on any atom is -0.550 e. The number of hydrogen-bond acceptors (Lipinski definition) is 11. The first-order chi connectivity index (χ1) is 31.0. The zero-order chi connectivity index (χ0) is 49.5. The van der Waals surface area contributed by atoms with Crippen LogP contribution in [-0.4, -0.2) is 55.2 Å².